The van der Waals surface area contributed by atoms with Gasteiger partial charge >= 0.3 is 0 Å². The standard InChI is InChI=1S/C13H22N2O/c1-10(2)15-8-7-12(14-15)9-13(16)11-5-3-4-6-11/h7-8,10-11,13,16H,3-6,9H2,1-2H3. The summed E-state index contributed by atoms with van der Waals surface area (Å²) >= 11 is 0. The van der Waals surface area contributed by atoms with Crippen molar-refractivity contribution in [3.05, 3.63) is 18.0 Å². The third-order valence-electron chi connectivity index (χ3n) is 3.55. The number of aromatic nitrogens is 2. The lowest BCUT2D eigenvalue weighted by Crippen LogP contribution is -2.20. The molecule has 1 aliphatic carbocycles. The van der Waals surface area contributed by atoms with Gasteiger partial charge in [-0.3, -0.25) is 4.68 Å². The molecule has 0 saturated heterocycles. The largest absolute Gasteiger partial charge is 0.392 e. The van der Waals surface area contributed by atoms with Gasteiger partial charge < -0.3 is 5.11 Å². The summed E-state index contributed by atoms with van der Waals surface area (Å²) in [6, 6.07) is 2.43. The first kappa shape index (κ1) is 11.6. The van der Waals surface area contributed by atoms with Crippen molar-refractivity contribution in [1.29, 1.82) is 0 Å². The smallest absolute Gasteiger partial charge is 0.0650 e. The van der Waals surface area contributed by atoms with Gasteiger partial charge in [0, 0.05) is 18.7 Å². The third kappa shape index (κ3) is 2.64. The number of rotatable bonds is 4. The Morgan fingerprint density at radius 2 is 2.12 bits per heavy atom. The second-order valence-corrected chi connectivity index (χ2v) is 5.20. The topological polar surface area (TPSA) is 38.0 Å². The zero-order valence-electron chi connectivity index (χ0n) is 10.3. The molecule has 0 aliphatic heterocycles. The average molecular weight is 222 g/mol. The molecule has 0 aromatic carbocycles. The van der Waals surface area contributed by atoms with E-state index in [-0.39, 0.29) is 6.10 Å². The van der Waals surface area contributed by atoms with Crippen LogP contribution in [0.25, 0.3) is 0 Å². The van der Waals surface area contributed by atoms with Gasteiger partial charge in [0.1, 0.15) is 0 Å². The molecule has 1 aliphatic rings. The number of hydrogen-bond acceptors (Lipinski definition) is 2. The Morgan fingerprint density at radius 1 is 1.44 bits per heavy atom. The molecule has 1 aromatic rings. The van der Waals surface area contributed by atoms with Gasteiger partial charge in [0.25, 0.3) is 0 Å². The highest BCUT2D eigenvalue weighted by Gasteiger charge is 2.23. The molecule has 0 bridgehead atoms. The zero-order chi connectivity index (χ0) is 11.5. The van der Waals surface area contributed by atoms with Crippen LogP contribution in [-0.2, 0) is 6.42 Å². The first-order valence-electron chi connectivity index (χ1n) is 6.39. The Balaban J connectivity index is 1.92. The van der Waals surface area contributed by atoms with Gasteiger partial charge in [-0.2, -0.15) is 5.10 Å². The minimum Gasteiger partial charge on any atom is -0.392 e. The maximum Gasteiger partial charge on any atom is 0.0650 e. The van der Waals surface area contributed by atoms with Crippen LogP contribution in [0.15, 0.2) is 12.3 Å². The fraction of sp³-hybridized carbons (Fsp3) is 0.769. The predicted molar refractivity (Wildman–Crippen MR) is 64.3 cm³/mol. The molecule has 3 nitrogen and oxygen atoms in total. The summed E-state index contributed by atoms with van der Waals surface area (Å²) in [5.41, 5.74) is 1.02. The Bertz CT molecular complexity index is 326. The molecule has 1 fully saturated rings. The average Bonchev–Trinajstić information content (AvgIpc) is 2.87. The van der Waals surface area contributed by atoms with Crippen LogP contribution in [0.5, 0.6) is 0 Å². The second kappa shape index (κ2) is 5.00. The van der Waals surface area contributed by atoms with Crippen LogP contribution in [0.4, 0.5) is 0 Å². The van der Waals surface area contributed by atoms with E-state index < -0.39 is 0 Å². The zero-order valence-corrected chi connectivity index (χ0v) is 10.3. The highest BCUT2D eigenvalue weighted by molar-refractivity contribution is 5.02. The SMILES string of the molecule is CC(C)n1ccc(CC(O)C2CCCC2)n1. The van der Waals surface area contributed by atoms with E-state index in [1.54, 1.807) is 0 Å². The van der Waals surface area contributed by atoms with Gasteiger partial charge in [-0.15, -0.1) is 0 Å². The molecule has 1 heterocycles. The fourth-order valence-electron chi connectivity index (χ4n) is 2.50. The van der Waals surface area contributed by atoms with Crippen molar-refractivity contribution in [3.8, 4) is 0 Å². The molecule has 90 valence electrons. The maximum absolute atomic E-state index is 10.1. The van der Waals surface area contributed by atoms with Crippen molar-refractivity contribution in [3.63, 3.8) is 0 Å². The molecule has 1 atom stereocenters. The predicted octanol–water partition coefficient (Wildman–Crippen LogP) is 2.56. The molecule has 1 saturated carbocycles. The monoisotopic (exact) mass is 222 g/mol. The van der Waals surface area contributed by atoms with E-state index in [4.69, 9.17) is 0 Å². The van der Waals surface area contributed by atoms with E-state index in [2.05, 4.69) is 18.9 Å². The number of nitrogens with zero attached hydrogens (tertiary/aromatic N) is 2. The van der Waals surface area contributed by atoms with Crippen molar-refractivity contribution >= 4 is 0 Å². The van der Waals surface area contributed by atoms with Crippen molar-refractivity contribution in [2.75, 3.05) is 0 Å². The first-order valence-corrected chi connectivity index (χ1v) is 6.39. The Labute approximate surface area is 97.5 Å². The lowest BCUT2D eigenvalue weighted by Gasteiger charge is -2.16. The lowest BCUT2D eigenvalue weighted by atomic mass is 9.97. The van der Waals surface area contributed by atoms with E-state index in [0.717, 1.165) is 5.69 Å². The lowest BCUT2D eigenvalue weighted by molar-refractivity contribution is 0.110. The summed E-state index contributed by atoms with van der Waals surface area (Å²) in [5.74, 6) is 0.504. The van der Waals surface area contributed by atoms with Crippen molar-refractivity contribution < 1.29 is 5.11 Å². The Hall–Kier alpha value is -0.830. The van der Waals surface area contributed by atoms with Gasteiger partial charge in [-0.25, -0.2) is 0 Å². The molecule has 0 spiro atoms. The number of aliphatic hydroxyl groups excluding tert-OH is 1. The van der Waals surface area contributed by atoms with Gasteiger partial charge in [-0.1, -0.05) is 12.8 Å². The van der Waals surface area contributed by atoms with Crippen LogP contribution in [0.1, 0.15) is 51.3 Å². The van der Waals surface area contributed by atoms with Crippen LogP contribution in [-0.4, -0.2) is 21.0 Å². The molecule has 16 heavy (non-hydrogen) atoms. The van der Waals surface area contributed by atoms with Crippen molar-refractivity contribution in [2.24, 2.45) is 5.92 Å². The summed E-state index contributed by atoms with van der Waals surface area (Å²) in [6.07, 6.45) is 7.45. The Kier molecular flexibility index (Phi) is 3.64. The van der Waals surface area contributed by atoms with E-state index in [1.165, 1.54) is 25.7 Å². The summed E-state index contributed by atoms with van der Waals surface area (Å²) in [4.78, 5) is 0. The van der Waals surface area contributed by atoms with Crippen LogP contribution in [0.3, 0.4) is 0 Å². The van der Waals surface area contributed by atoms with Crippen LogP contribution in [0.2, 0.25) is 0 Å². The highest BCUT2D eigenvalue weighted by atomic mass is 16.3. The fourth-order valence-corrected chi connectivity index (χ4v) is 2.50. The normalized spacial score (nSPS) is 19.5. The number of hydrogen-bond donors (Lipinski definition) is 1. The van der Waals surface area contributed by atoms with Gasteiger partial charge in [0.15, 0.2) is 0 Å². The maximum atomic E-state index is 10.1. The highest BCUT2D eigenvalue weighted by Crippen LogP contribution is 2.28. The first-order chi connectivity index (χ1) is 7.66. The van der Waals surface area contributed by atoms with Crippen LogP contribution in [0, 0.1) is 5.92 Å². The van der Waals surface area contributed by atoms with Gasteiger partial charge in [0.05, 0.1) is 11.8 Å². The molecular weight excluding hydrogens is 200 g/mol. The van der Waals surface area contributed by atoms with E-state index in [1.807, 2.05) is 16.9 Å². The van der Waals surface area contributed by atoms with Crippen molar-refractivity contribution in [1.82, 2.24) is 9.78 Å². The summed E-state index contributed by atoms with van der Waals surface area (Å²) in [5, 5.41) is 14.6. The molecule has 1 N–H and O–H groups in total. The van der Waals surface area contributed by atoms with E-state index >= 15 is 0 Å². The molecule has 0 amide bonds. The Morgan fingerprint density at radius 3 is 2.69 bits per heavy atom. The quantitative estimate of drug-likeness (QED) is 0.850. The molecular formula is C13H22N2O. The summed E-state index contributed by atoms with van der Waals surface area (Å²) in [6.45, 7) is 4.23. The molecule has 1 unspecified atom stereocenters. The van der Waals surface area contributed by atoms with Crippen LogP contribution < -0.4 is 0 Å². The number of aliphatic hydroxyl groups is 1. The molecule has 2 rings (SSSR count). The molecule has 3 heteroatoms. The van der Waals surface area contributed by atoms with E-state index in [0.29, 0.717) is 18.4 Å². The van der Waals surface area contributed by atoms with Crippen LogP contribution >= 0.6 is 0 Å². The molecule has 0 radical (unpaired) electrons. The minimum absolute atomic E-state index is 0.196. The minimum atomic E-state index is -0.196. The third-order valence-corrected chi connectivity index (χ3v) is 3.55. The second-order valence-electron chi connectivity index (χ2n) is 5.20. The summed E-state index contributed by atoms with van der Waals surface area (Å²) in [7, 11) is 0. The van der Waals surface area contributed by atoms with Gasteiger partial charge in [-0.05, 0) is 38.7 Å². The molecule has 1 aromatic heterocycles. The van der Waals surface area contributed by atoms with E-state index in [9.17, 15) is 5.11 Å². The van der Waals surface area contributed by atoms with Gasteiger partial charge in [0.2, 0.25) is 0 Å². The summed E-state index contributed by atoms with van der Waals surface area (Å²) < 4.78 is 1.96. The van der Waals surface area contributed by atoms with Crippen molar-refractivity contribution in [2.45, 2.75) is 58.1 Å².